The Morgan fingerprint density at radius 2 is 2.15 bits per heavy atom. The minimum atomic E-state index is -0.829. The third kappa shape index (κ3) is 2.75. The molecule has 3 atom stereocenters. The lowest BCUT2D eigenvalue weighted by molar-refractivity contribution is -0.153. The summed E-state index contributed by atoms with van der Waals surface area (Å²) in [5, 5.41) is 15.2. The maximum absolute atomic E-state index is 12.5. The normalized spacial score (nSPS) is 27.3. The first-order chi connectivity index (χ1) is 12.3. The monoisotopic (exact) mass is 380 g/mol. The molecule has 4 rings (SSSR count). The smallest absolute Gasteiger partial charge is 0.428 e. The first kappa shape index (κ1) is 17.3. The molecule has 1 amide bonds. The van der Waals surface area contributed by atoms with Crippen molar-refractivity contribution in [1.82, 2.24) is 30.4 Å². The van der Waals surface area contributed by atoms with Gasteiger partial charge in [0, 0.05) is 13.0 Å². The van der Waals surface area contributed by atoms with Crippen LogP contribution in [0.15, 0.2) is 15.9 Å². The topological polar surface area (TPSA) is 111 Å². The van der Waals surface area contributed by atoms with Crippen LogP contribution in [0.3, 0.4) is 0 Å². The summed E-state index contributed by atoms with van der Waals surface area (Å²) < 4.78 is 12.3. The average molecular weight is 380 g/mol. The summed E-state index contributed by atoms with van der Waals surface area (Å²) in [6.45, 7) is 6.00. The minimum Gasteiger partial charge on any atom is -0.428 e. The first-order valence-electron chi connectivity index (χ1n) is 8.38. The Morgan fingerprint density at radius 1 is 1.38 bits per heavy atom. The zero-order valence-corrected chi connectivity index (χ0v) is 15.7. The molecule has 2 fully saturated rings. The van der Waals surface area contributed by atoms with Crippen LogP contribution in [0.25, 0.3) is 0 Å². The van der Waals surface area contributed by atoms with Crippen LogP contribution < -0.4 is 5.32 Å². The number of β-lactam (4-membered cyclic amide) rings is 1. The molecule has 4 heterocycles. The van der Waals surface area contributed by atoms with Crippen molar-refractivity contribution in [2.45, 2.75) is 50.0 Å². The maximum atomic E-state index is 12.5. The zero-order chi connectivity index (χ0) is 18.6. The number of hydrogen-bond donors (Lipinski definition) is 1. The highest BCUT2D eigenvalue weighted by Crippen LogP contribution is 2.51. The van der Waals surface area contributed by atoms with Crippen molar-refractivity contribution >= 4 is 23.8 Å². The molecule has 0 aliphatic carbocycles. The van der Waals surface area contributed by atoms with E-state index >= 15 is 0 Å². The fraction of sp³-hybridized carbons (Fsp3) is 0.667. The van der Waals surface area contributed by atoms with E-state index in [9.17, 15) is 9.59 Å². The highest BCUT2D eigenvalue weighted by Gasteiger charge is 2.61. The van der Waals surface area contributed by atoms with Crippen molar-refractivity contribution in [2.24, 2.45) is 13.0 Å². The number of hydrogen-bond acceptors (Lipinski definition) is 9. The average Bonchev–Trinajstić information content (AvgIpc) is 3.07. The van der Waals surface area contributed by atoms with Crippen LogP contribution in [-0.4, -0.2) is 61.4 Å². The summed E-state index contributed by atoms with van der Waals surface area (Å²) in [6.07, 6.45) is 0.00395. The molecule has 10 nitrogen and oxygen atoms in total. The third-order valence-electron chi connectivity index (χ3n) is 4.49. The van der Waals surface area contributed by atoms with Gasteiger partial charge in [0.2, 0.25) is 16.9 Å². The maximum Gasteiger partial charge on any atom is 0.515 e. The summed E-state index contributed by atoms with van der Waals surface area (Å²) in [5.74, 6) is 0.232. The van der Waals surface area contributed by atoms with E-state index in [1.54, 1.807) is 37.4 Å². The van der Waals surface area contributed by atoms with Gasteiger partial charge in [-0.3, -0.25) is 9.69 Å². The third-order valence-corrected chi connectivity index (χ3v) is 5.72. The number of carbonyl (C=O) groups is 2. The summed E-state index contributed by atoms with van der Waals surface area (Å²) >= 11 is 1.32. The van der Waals surface area contributed by atoms with E-state index in [2.05, 4.69) is 20.8 Å². The summed E-state index contributed by atoms with van der Waals surface area (Å²) in [7, 11) is 1.73. The van der Waals surface area contributed by atoms with E-state index < -0.39 is 11.8 Å². The Balaban J connectivity index is 1.66. The second kappa shape index (κ2) is 5.95. The number of thioether (sulfide) groups is 1. The van der Waals surface area contributed by atoms with Crippen LogP contribution in [-0.2, 0) is 21.3 Å². The fourth-order valence-corrected chi connectivity index (χ4v) is 4.55. The van der Waals surface area contributed by atoms with Crippen molar-refractivity contribution in [3.05, 3.63) is 10.8 Å². The standard InChI is InChI=1S/C15H20N6O4S/c1-15(2,3)25-14(23)24-12-10(26-13-17-18-19-20(13)4)7-5-6-16-8-9(7)21(12)11(8)22/h7-9,16H,5-6H2,1-4H3/t7?,8-,9+/m0/s1. The van der Waals surface area contributed by atoms with Gasteiger partial charge >= 0.3 is 6.16 Å². The molecule has 1 aromatic heterocycles. The molecular formula is C15H20N6O4S. The fourth-order valence-electron chi connectivity index (χ4n) is 3.47. The van der Waals surface area contributed by atoms with Gasteiger partial charge in [-0.1, -0.05) is 0 Å². The number of nitrogens with zero attached hydrogens (tertiary/aromatic N) is 5. The number of carbonyl (C=O) groups excluding carboxylic acids is 2. The van der Waals surface area contributed by atoms with E-state index in [1.807, 2.05) is 0 Å². The predicted octanol–water partition coefficient (Wildman–Crippen LogP) is 0.625. The van der Waals surface area contributed by atoms with Crippen molar-refractivity contribution in [2.75, 3.05) is 6.54 Å². The Kier molecular flexibility index (Phi) is 3.95. The van der Waals surface area contributed by atoms with Gasteiger partial charge in [0.1, 0.15) is 11.6 Å². The van der Waals surface area contributed by atoms with Crippen molar-refractivity contribution in [1.29, 1.82) is 0 Å². The Morgan fingerprint density at radius 3 is 2.81 bits per heavy atom. The molecule has 0 radical (unpaired) electrons. The Labute approximate surface area is 154 Å². The second-order valence-corrected chi connectivity index (χ2v) is 8.46. The molecule has 0 aromatic carbocycles. The molecule has 140 valence electrons. The van der Waals surface area contributed by atoms with E-state index in [-0.39, 0.29) is 29.8 Å². The van der Waals surface area contributed by atoms with E-state index in [4.69, 9.17) is 9.47 Å². The van der Waals surface area contributed by atoms with Crippen molar-refractivity contribution in [3.63, 3.8) is 0 Å². The highest BCUT2D eigenvalue weighted by molar-refractivity contribution is 8.03. The molecule has 26 heavy (non-hydrogen) atoms. The van der Waals surface area contributed by atoms with Crippen LogP contribution >= 0.6 is 11.8 Å². The minimum absolute atomic E-state index is 0.0441. The lowest BCUT2D eigenvalue weighted by Gasteiger charge is -2.48. The van der Waals surface area contributed by atoms with Gasteiger partial charge in [0.15, 0.2) is 0 Å². The lowest BCUT2D eigenvalue weighted by Crippen LogP contribution is -2.71. The van der Waals surface area contributed by atoms with Crippen molar-refractivity contribution < 1.29 is 19.1 Å². The van der Waals surface area contributed by atoms with Crippen LogP contribution in [0.1, 0.15) is 27.2 Å². The molecule has 1 N–H and O–H groups in total. The number of tetrazole rings is 1. The predicted molar refractivity (Wildman–Crippen MR) is 89.5 cm³/mol. The van der Waals surface area contributed by atoms with Crippen molar-refractivity contribution in [3.8, 4) is 0 Å². The number of nitrogens with one attached hydrogen (secondary N) is 1. The molecule has 1 aromatic rings. The summed E-state index contributed by atoms with van der Waals surface area (Å²) in [5.41, 5.74) is -0.688. The van der Waals surface area contributed by atoms with Gasteiger partial charge in [0.25, 0.3) is 0 Å². The molecule has 3 aliphatic heterocycles. The molecule has 1 unspecified atom stereocenters. The molecule has 3 aliphatic rings. The van der Waals surface area contributed by atoms with Gasteiger partial charge in [-0.2, -0.15) is 0 Å². The summed E-state index contributed by atoms with van der Waals surface area (Å²) in [6, 6.07) is -0.279. The SMILES string of the molecule is Cn1nnnc1SC1=C(OC(=O)OC(C)(C)C)N2C(=O)[C@H]3NCCC1[C@H]32. The Hall–Kier alpha value is -2.14. The summed E-state index contributed by atoms with van der Waals surface area (Å²) in [4.78, 5) is 27.0. The number of rotatable bonds is 3. The molecule has 0 bridgehead atoms. The number of aromatic nitrogens is 4. The largest absolute Gasteiger partial charge is 0.515 e. The van der Waals surface area contributed by atoms with Crippen LogP contribution in [0.2, 0.25) is 0 Å². The molecule has 0 spiro atoms. The molecular weight excluding hydrogens is 360 g/mol. The quantitative estimate of drug-likeness (QED) is 0.596. The van der Waals surface area contributed by atoms with Gasteiger partial charge in [0.05, 0.1) is 10.9 Å². The van der Waals surface area contributed by atoms with Gasteiger partial charge in [-0.25, -0.2) is 9.48 Å². The van der Waals surface area contributed by atoms with E-state index in [1.165, 1.54) is 11.8 Å². The van der Waals surface area contributed by atoms with Crippen LogP contribution in [0.5, 0.6) is 0 Å². The molecule has 0 saturated carbocycles. The molecule has 11 heteroatoms. The van der Waals surface area contributed by atoms with E-state index in [0.717, 1.165) is 17.9 Å². The molecule has 2 saturated heterocycles. The number of piperidine rings is 1. The Bertz CT molecular complexity index is 800. The van der Waals surface area contributed by atoms with Gasteiger partial charge < -0.3 is 14.8 Å². The first-order valence-corrected chi connectivity index (χ1v) is 9.19. The lowest BCUT2D eigenvalue weighted by atomic mass is 9.82. The van der Waals surface area contributed by atoms with Gasteiger partial charge in [-0.15, -0.1) is 5.10 Å². The number of ether oxygens (including phenoxy) is 2. The van der Waals surface area contributed by atoms with Crippen LogP contribution in [0, 0.1) is 5.92 Å². The van der Waals surface area contributed by atoms with E-state index in [0.29, 0.717) is 5.16 Å². The van der Waals surface area contributed by atoms with Gasteiger partial charge in [-0.05, 0) is 55.9 Å². The number of aryl methyl sites for hydroxylation is 1. The zero-order valence-electron chi connectivity index (χ0n) is 14.9. The number of amides is 1. The van der Waals surface area contributed by atoms with Crippen LogP contribution in [0.4, 0.5) is 4.79 Å². The highest BCUT2D eigenvalue weighted by atomic mass is 32.2. The second-order valence-electron chi connectivity index (χ2n) is 7.45.